The van der Waals surface area contributed by atoms with Crippen LogP contribution in [0, 0.1) is 18.7 Å². The van der Waals surface area contributed by atoms with Crippen molar-refractivity contribution < 1.29 is 17.6 Å². The van der Waals surface area contributed by atoms with Crippen LogP contribution in [0.2, 0.25) is 0 Å². The molecule has 6 heteroatoms. The van der Waals surface area contributed by atoms with Crippen molar-refractivity contribution in [1.82, 2.24) is 4.31 Å². The lowest BCUT2D eigenvalue weighted by Crippen LogP contribution is -2.39. The summed E-state index contributed by atoms with van der Waals surface area (Å²) in [7, 11) is -3.21. The number of carbonyl (C=O) groups is 1. The zero-order chi connectivity index (χ0) is 15.6. The summed E-state index contributed by atoms with van der Waals surface area (Å²) in [6.07, 6.45) is 3.03. The molecular weight excluding hydrogens is 293 g/mol. The molecule has 1 atom stereocenters. The number of halogens is 1. The molecule has 0 aromatic heterocycles. The van der Waals surface area contributed by atoms with E-state index in [-0.39, 0.29) is 18.1 Å². The Hall–Kier alpha value is -1.27. The first-order chi connectivity index (χ1) is 9.75. The fraction of sp³-hybridized carbons (Fsp3) is 0.533. The van der Waals surface area contributed by atoms with E-state index in [0.29, 0.717) is 24.2 Å². The summed E-state index contributed by atoms with van der Waals surface area (Å²) in [6.45, 7) is 2.63. The molecule has 0 N–H and O–H groups in total. The van der Waals surface area contributed by atoms with Crippen LogP contribution in [0.25, 0.3) is 0 Å². The third-order valence-corrected chi connectivity index (χ3v) is 5.06. The van der Waals surface area contributed by atoms with Gasteiger partial charge in [-0.2, -0.15) is 0 Å². The third-order valence-electron chi connectivity index (χ3n) is 3.79. The number of benzene rings is 1. The molecule has 1 aliphatic rings. The molecule has 0 aliphatic carbocycles. The lowest BCUT2D eigenvalue weighted by atomic mass is 9.91. The standard InChI is InChI=1S/C15H20FNO3S/c1-11-6-13(9-14(16)7-11)15(18)8-12-4-3-5-17(10-12)21(2,19)20/h6-7,9,12H,3-5,8,10H2,1-2H3. The number of sulfonamides is 1. The Morgan fingerprint density at radius 3 is 2.71 bits per heavy atom. The van der Waals surface area contributed by atoms with Gasteiger partial charge in [-0.05, 0) is 49.4 Å². The molecule has 4 nitrogen and oxygen atoms in total. The lowest BCUT2D eigenvalue weighted by Gasteiger charge is -2.30. The van der Waals surface area contributed by atoms with Crippen LogP contribution in [0.3, 0.4) is 0 Å². The zero-order valence-corrected chi connectivity index (χ0v) is 13.1. The number of aryl methyl sites for hydroxylation is 1. The summed E-state index contributed by atoms with van der Waals surface area (Å²) < 4.78 is 37.9. The molecule has 1 aromatic carbocycles. The largest absolute Gasteiger partial charge is 0.294 e. The van der Waals surface area contributed by atoms with Crippen molar-refractivity contribution in [3.63, 3.8) is 0 Å². The van der Waals surface area contributed by atoms with Gasteiger partial charge in [0.2, 0.25) is 10.0 Å². The Balaban J connectivity index is 2.05. The van der Waals surface area contributed by atoms with Gasteiger partial charge in [-0.15, -0.1) is 0 Å². The summed E-state index contributed by atoms with van der Waals surface area (Å²) >= 11 is 0. The van der Waals surface area contributed by atoms with Crippen LogP contribution in [-0.2, 0) is 10.0 Å². The number of ketones is 1. The van der Waals surface area contributed by atoms with E-state index in [1.165, 1.54) is 22.7 Å². The molecule has 21 heavy (non-hydrogen) atoms. The predicted molar refractivity (Wildman–Crippen MR) is 79.2 cm³/mol. The van der Waals surface area contributed by atoms with Crippen LogP contribution in [0.1, 0.15) is 35.2 Å². The number of rotatable bonds is 4. The topological polar surface area (TPSA) is 54.5 Å². The molecule has 1 fully saturated rings. The van der Waals surface area contributed by atoms with Crippen LogP contribution < -0.4 is 0 Å². The third kappa shape index (κ3) is 4.35. The summed E-state index contributed by atoms with van der Waals surface area (Å²) in [6, 6.07) is 4.29. The van der Waals surface area contributed by atoms with Gasteiger partial charge >= 0.3 is 0 Å². The summed E-state index contributed by atoms with van der Waals surface area (Å²) in [5.74, 6) is -0.540. The first-order valence-corrected chi connectivity index (χ1v) is 8.86. The first kappa shape index (κ1) is 16.1. The minimum absolute atomic E-state index is 0.00421. The summed E-state index contributed by atoms with van der Waals surface area (Å²) in [5, 5.41) is 0. The number of hydrogen-bond donors (Lipinski definition) is 0. The zero-order valence-electron chi connectivity index (χ0n) is 12.3. The molecule has 0 saturated carbocycles. The Labute approximate surface area is 125 Å². The number of Topliss-reactive ketones (excluding diaryl/α,β-unsaturated/α-hetero) is 1. The van der Waals surface area contributed by atoms with Gasteiger partial charge in [0.25, 0.3) is 0 Å². The highest BCUT2D eigenvalue weighted by Gasteiger charge is 2.27. The van der Waals surface area contributed by atoms with Crippen molar-refractivity contribution in [2.24, 2.45) is 5.92 Å². The lowest BCUT2D eigenvalue weighted by molar-refractivity contribution is 0.0942. The van der Waals surface area contributed by atoms with Gasteiger partial charge in [0.1, 0.15) is 5.82 Å². The number of piperidine rings is 1. The second-order valence-electron chi connectivity index (χ2n) is 5.77. The maximum absolute atomic E-state index is 13.3. The van der Waals surface area contributed by atoms with Crippen molar-refractivity contribution in [3.05, 3.63) is 35.1 Å². The van der Waals surface area contributed by atoms with Gasteiger partial charge < -0.3 is 0 Å². The number of nitrogens with zero attached hydrogens (tertiary/aromatic N) is 1. The second-order valence-corrected chi connectivity index (χ2v) is 7.76. The molecule has 1 unspecified atom stereocenters. The molecule has 1 heterocycles. The Bertz CT molecular complexity index is 622. The van der Waals surface area contributed by atoms with E-state index in [9.17, 15) is 17.6 Å². The first-order valence-electron chi connectivity index (χ1n) is 7.01. The predicted octanol–water partition coefficient (Wildman–Crippen LogP) is 2.38. The van der Waals surface area contributed by atoms with Gasteiger partial charge in [-0.1, -0.05) is 0 Å². The van der Waals surface area contributed by atoms with E-state index in [4.69, 9.17) is 0 Å². The van der Waals surface area contributed by atoms with Crippen molar-refractivity contribution in [2.45, 2.75) is 26.2 Å². The van der Waals surface area contributed by atoms with Gasteiger partial charge in [0, 0.05) is 25.1 Å². The molecule has 1 saturated heterocycles. The molecular formula is C15H20FNO3S. The molecule has 2 rings (SSSR count). The fourth-order valence-electron chi connectivity index (χ4n) is 2.77. The summed E-state index contributed by atoms with van der Waals surface area (Å²) in [5.41, 5.74) is 1.07. The van der Waals surface area contributed by atoms with Crippen LogP contribution in [0.4, 0.5) is 4.39 Å². The van der Waals surface area contributed by atoms with Crippen LogP contribution in [0.5, 0.6) is 0 Å². The highest BCUT2D eigenvalue weighted by atomic mass is 32.2. The van der Waals surface area contributed by atoms with E-state index in [0.717, 1.165) is 12.8 Å². The van der Waals surface area contributed by atoms with Gasteiger partial charge in [-0.25, -0.2) is 17.1 Å². The average molecular weight is 313 g/mol. The van der Waals surface area contributed by atoms with Crippen molar-refractivity contribution in [1.29, 1.82) is 0 Å². The molecule has 0 amide bonds. The normalized spacial score (nSPS) is 20.4. The molecule has 1 aliphatic heterocycles. The molecule has 0 radical (unpaired) electrons. The Morgan fingerprint density at radius 1 is 1.38 bits per heavy atom. The van der Waals surface area contributed by atoms with Crippen LogP contribution >= 0.6 is 0 Å². The smallest absolute Gasteiger partial charge is 0.211 e. The highest BCUT2D eigenvalue weighted by Crippen LogP contribution is 2.23. The monoisotopic (exact) mass is 313 g/mol. The Morgan fingerprint density at radius 2 is 2.10 bits per heavy atom. The highest BCUT2D eigenvalue weighted by molar-refractivity contribution is 7.88. The quantitative estimate of drug-likeness (QED) is 0.802. The average Bonchev–Trinajstić information content (AvgIpc) is 2.37. The number of hydrogen-bond acceptors (Lipinski definition) is 3. The molecule has 0 bridgehead atoms. The molecule has 1 aromatic rings. The van der Waals surface area contributed by atoms with Crippen molar-refractivity contribution in [3.8, 4) is 0 Å². The SMILES string of the molecule is Cc1cc(F)cc(C(=O)CC2CCCN(S(C)(=O)=O)C2)c1. The molecule has 0 spiro atoms. The van der Waals surface area contributed by atoms with E-state index < -0.39 is 15.8 Å². The van der Waals surface area contributed by atoms with E-state index in [1.807, 2.05) is 0 Å². The minimum Gasteiger partial charge on any atom is -0.294 e. The fourth-order valence-corrected chi connectivity index (χ4v) is 3.71. The second kappa shape index (κ2) is 6.23. The van der Waals surface area contributed by atoms with Gasteiger partial charge in [0.05, 0.1) is 6.26 Å². The minimum atomic E-state index is -3.21. The van der Waals surface area contributed by atoms with Crippen molar-refractivity contribution in [2.75, 3.05) is 19.3 Å². The Kier molecular flexibility index (Phi) is 4.78. The number of carbonyl (C=O) groups excluding carboxylic acids is 1. The van der Waals surface area contributed by atoms with E-state index >= 15 is 0 Å². The van der Waals surface area contributed by atoms with E-state index in [1.54, 1.807) is 13.0 Å². The van der Waals surface area contributed by atoms with Gasteiger partial charge in [0.15, 0.2) is 5.78 Å². The van der Waals surface area contributed by atoms with Crippen LogP contribution in [-0.4, -0.2) is 37.9 Å². The summed E-state index contributed by atoms with van der Waals surface area (Å²) in [4.78, 5) is 12.2. The van der Waals surface area contributed by atoms with Crippen LogP contribution in [0.15, 0.2) is 18.2 Å². The van der Waals surface area contributed by atoms with E-state index in [2.05, 4.69) is 0 Å². The maximum atomic E-state index is 13.3. The van der Waals surface area contributed by atoms with Crippen molar-refractivity contribution >= 4 is 15.8 Å². The van der Waals surface area contributed by atoms with Gasteiger partial charge in [-0.3, -0.25) is 4.79 Å². The molecule has 116 valence electrons. The maximum Gasteiger partial charge on any atom is 0.211 e.